The van der Waals surface area contributed by atoms with Gasteiger partial charge < -0.3 is 24.5 Å². The molecule has 242 valence electrons. The topological polar surface area (TPSA) is 144 Å². The lowest BCUT2D eigenvalue weighted by Gasteiger charge is -2.30. The number of nitrogens with one attached hydrogen (secondary N) is 2. The van der Waals surface area contributed by atoms with Gasteiger partial charge in [-0.15, -0.1) is 0 Å². The van der Waals surface area contributed by atoms with Crippen molar-refractivity contribution in [2.24, 2.45) is 5.92 Å². The molecule has 0 saturated carbocycles. The maximum Gasteiger partial charge on any atom is 0.338 e. The molecule has 13 heteroatoms. The minimum atomic E-state index is -0.755. The molecule has 1 fully saturated rings. The van der Waals surface area contributed by atoms with Crippen LogP contribution in [0.4, 0.5) is 11.4 Å². The second-order valence-electron chi connectivity index (χ2n) is 10.9. The lowest BCUT2D eigenvalue weighted by molar-refractivity contribution is -0.122. The molecule has 47 heavy (non-hydrogen) atoms. The van der Waals surface area contributed by atoms with Crippen LogP contribution < -0.4 is 24.6 Å². The van der Waals surface area contributed by atoms with Gasteiger partial charge in [-0.3, -0.25) is 19.2 Å². The van der Waals surface area contributed by atoms with E-state index in [0.717, 1.165) is 16.9 Å². The van der Waals surface area contributed by atoms with Crippen LogP contribution in [0.2, 0.25) is 0 Å². The number of benzene rings is 3. The number of nitrogens with zero attached hydrogens (tertiary/aromatic N) is 1. The third kappa shape index (κ3) is 6.41. The molecule has 2 aliphatic rings. The third-order valence-electron chi connectivity index (χ3n) is 7.78. The zero-order valence-electron chi connectivity index (χ0n) is 25.7. The summed E-state index contributed by atoms with van der Waals surface area (Å²) in [6.45, 7) is 5.70. The van der Waals surface area contributed by atoms with Crippen LogP contribution in [0.3, 0.4) is 0 Å². The number of thioether (sulfide) groups is 1. The number of aryl methyl sites for hydroxylation is 1. The average Bonchev–Trinajstić information content (AvgIpc) is 3.55. The SMILES string of the molecule is CCOC(=O)c1ccc(NC(=O)COc2ccc([C@H]3c4sc(=O)[nH]c4SC4C(=O)N(c5ccc(C)cc5)C(=O)C43)cc2OCC)cc1. The largest absolute Gasteiger partial charge is 0.490 e. The second kappa shape index (κ2) is 13.5. The molecule has 1 aromatic heterocycles. The maximum absolute atomic E-state index is 14.0. The molecule has 0 spiro atoms. The van der Waals surface area contributed by atoms with Crippen molar-refractivity contribution >= 4 is 58.2 Å². The molecule has 3 heterocycles. The summed E-state index contributed by atoms with van der Waals surface area (Å²) in [5.41, 5.74) is 3.03. The average molecular weight is 674 g/mol. The fourth-order valence-electron chi connectivity index (χ4n) is 5.67. The molecular formula is C34H31N3O8S2. The van der Waals surface area contributed by atoms with Gasteiger partial charge in [0.25, 0.3) is 5.91 Å². The van der Waals surface area contributed by atoms with Crippen molar-refractivity contribution < 1.29 is 33.4 Å². The van der Waals surface area contributed by atoms with Crippen LogP contribution in [0.1, 0.15) is 46.1 Å². The highest BCUT2D eigenvalue weighted by atomic mass is 32.2. The third-order valence-corrected chi connectivity index (χ3v) is 10.2. The van der Waals surface area contributed by atoms with Gasteiger partial charge in [-0.2, -0.15) is 0 Å². The van der Waals surface area contributed by atoms with Crippen LogP contribution in [0.15, 0.2) is 76.6 Å². The Bertz CT molecular complexity index is 1900. The molecule has 2 N–H and O–H groups in total. The Labute approximate surface area is 278 Å². The van der Waals surface area contributed by atoms with Gasteiger partial charge in [0, 0.05) is 16.5 Å². The molecule has 0 aliphatic carbocycles. The van der Waals surface area contributed by atoms with Crippen molar-refractivity contribution in [1.82, 2.24) is 4.98 Å². The van der Waals surface area contributed by atoms with E-state index in [1.807, 2.05) is 26.0 Å². The highest BCUT2D eigenvalue weighted by molar-refractivity contribution is 8.00. The van der Waals surface area contributed by atoms with Crippen LogP contribution in [0, 0.1) is 12.8 Å². The van der Waals surface area contributed by atoms with Gasteiger partial charge in [0.05, 0.1) is 35.4 Å². The fourth-order valence-corrected chi connectivity index (χ4v) is 8.19. The van der Waals surface area contributed by atoms with E-state index >= 15 is 0 Å². The second-order valence-corrected chi connectivity index (χ2v) is 13.0. The van der Waals surface area contributed by atoms with E-state index in [9.17, 15) is 24.0 Å². The van der Waals surface area contributed by atoms with E-state index in [0.29, 0.717) is 50.5 Å². The first-order valence-corrected chi connectivity index (χ1v) is 16.7. The molecule has 3 atom stereocenters. The molecule has 1 saturated heterocycles. The monoisotopic (exact) mass is 673 g/mol. The number of carbonyl (C=O) groups is 4. The van der Waals surface area contributed by atoms with Gasteiger partial charge in [-0.1, -0.05) is 46.9 Å². The number of hydrogen-bond acceptors (Lipinski definition) is 10. The van der Waals surface area contributed by atoms with Crippen LogP contribution in [-0.2, 0) is 19.1 Å². The number of fused-ring (bicyclic) bond motifs is 2. The number of amides is 3. The van der Waals surface area contributed by atoms with Gasteiger partial charge in [0.2, 0.25) is 11.8 Å². The number of esters is 1. The summed E-state index contributed by atoms with van der Waals surface area (Å²) in [5, 5.41) is 2.57. The lowest BCUT2D eigenvalue weighted by Crippen LogP contribution is -2.32. The maximum atomic E-state index is 14.0. The van der Waals surface area contributed by atoms with E-state index in [1.165, 1.54) is 16.7 Å². The van der Waals surface area contributed by atoms with Gasteiger partial charge in [-0.25, -0.2) is 9.69 Å². The minimum Gasteiger partial charge on any atom is -0.490 e. The quantitative estimate of drug-likeness (QED) is 0.173. The highest BCUT2D eigenvalue weighted by Gasteiger charge is 2.56. The summed E-state index contributed by atoms with van der Waals surface area (Å²) >= 11 is 2.24. The fraction of sp³-hybridized carbons (Fsp3) is 0.265. The number of aromatic nitrogens is 1. The number of carbonyl (C=O) groups excluding carboxylic acids is 4. The molecule has 3 amide bonds. The number of ether oxygens (including phenoxy) is 3. The number of thiazole rings is 1. The van der Waals surface area contributed by atoms with E-state index in [2.05, 4.69) is 10.3 Å². The summed E-state index contributed by atoms with van der Waals surface area (Å²) in [6.07, 6.45) is 0. The highest BCUT2D eigenvalue weighted by Crippen LogP contribution is 2.53. The van der Waals surface area contributed by atoms with Crippen molar-refractivity contribution in [3.05, 3.63) is 98.0 Å². The summed E-state index contributed by atoms with van der Waals surface area (Å²) in [5.74, 6) is -2.24. The first-order chi connectivity index (χ1) is 22.7. The number of imide groups is 1. The Balaban J connectivity index is 1.24. The van der Waals surface area contributed by atoms with Crippen molar-refractivity contribution in [1.29, 1.82) is 0 Å². The molecule has 4 aromatic rings. The van der Waals surface area contributed by atoms with Crippen LogP contribution in [-0.4, -0.2) is 53.7 Å². The predicted molar refractivity (Wildman–Crippen MR) is 178 cm³/mol. The Morgan fingerprint density at radius 1 is 0.894 bits per heavy atom. The number of aromatic amines is 1. The molecular weight excluding hydrogens is 643 g/mol. The first kappa shape index (κ1) is 32.1. The first-order valence-electron chi connectivity index (χ1n) is 15.0. The van der Waals surface area contributed by atoms with Crippen LogP contribution in [0.25, 0.3) is 0 Å². The Kier molecular flexibility index (Phi) is 9.19. The normalized spacial score (nSPS) is 18.4. The van der Waals surface area contributed by atoms with Crippen molar-refractivity contribution in [2.75, 3.05) is 30.0 Å². The van der Waals surface area contributed by atoms with E-state index in [-0.39, 0.29) is 29.9 Å². The zero-order chi connectivity index (χ0) is 33.2. The molecule has 0 radical (unpaired) electrons. The lowest BCUT2D eigenvalue weighted by atomic mass is 9.83. The standard InChI is InChI=1S/C34H31N3O8S2/c1-4-43-24-16-20(10-15-23(24)45-17-25(38)35-21-11-8-19(9-12-21)33(41)44-5-2)26-27-29(46-30-28(26)47-34(42)36-30)32(40)37(31(27)39)22-13-6-18(3)7-14-22/h6-16,26-27,29H,4-5,17H2,1-3H3,(H,35,38)(H,36,42)/t26-,27?,29?/m1/s1. The predicted octanol–water partition coefficient (Wildman–Crippen LogP) is 5.13. The van der Waals surface area contributed by atoms with Crippen LogP contribution in [0.5, 0.6) is 11.5 Å². The van der Waals surface area contributed by atoms with E-state index < -0.39 is 29.0 Å². The molecule has 2 unspecified atom stereocenters. The molecule has 2 aliphatic heterocycles. The van der Waals surface area contributed by atoms with Gasteiger partial charge in [0.15, 0.2) is 18.1 Å². The van der Waals surface area contributed by atoms with Gasteiger partial charge in [0.1, 0.15) is 5.25 Å². The number of H-pyrrole nitrogens is 1. The van der Waals surface area contributed by atoms with Gasteiger partial charge >= 0.3 is 10.8 Å². The molecule has 6 rings (SSSR count). The molecule has 3 aromatic carbocycles. The Morgan fingerprint density at radius 2 is 1.64 bits per heavy atom. The smallest absolute Gasteiger partial charge is 0.338 e. The minimum absolute atomic E-state index is 0.263. The number of rotatable bonds is 10. The molecule has 0 bridgehead atoms. The Hall–Kier alpha value is -4.88. The van der Waals surface area contributed by atoms with E-state index in [4.69, 9.17) is 14.2 Å². The summed E-state index contributed by atoms with van der Waals surface area (Å²) in [7, 11) is 0. The Morgan fingerprint density at radius 3 is 2.34 bits per heavy atom. The summed E-state index contributed by atoms with van der Waals surface area (Å²) in [6, 6.07) is 18.7. The van der Waals surface area contributed by atoms with Gasteiger partial charge in [-0.05, 0) is 74.9 Å². The summed E-state index contributed by atoms with van der Waals surface area (Å²) in [4.78, 5) is 69.3. The van der Waals surface area contributed by atoms with E-state index in [1.54, 1.807) is 61.5 Å². The van der Waals surface area contributed by atoms with Crippen molar-refractivity contribution in [2.45, 2.75) is 37.0 Å². The zero-order valence-corrected chi connectivity index (χ0v) is 27.4. The number of anilines is 2. The molecule has 11 nitrogen and oxygen atoms in total. The van der Waals surface area contributed by atoms with Crippen molar-refractivity contribution in [3.63, 3.8) is 0 Å². The van der Waals surface area contributed by atoms with Crippen LogP contribution >= 0.6 is 23.1 Å². The van der Waals surface area contributed by atoms with Crippen molar-refractivity contribution in [3.8, 4) is 11.5 Å². The summed E-state index contributed by atoms with van der Waals surface area (Å²) < 4.78 is 16.7. The number of hydrogen-bond donors (Lipinski definition) is 2.